The zero-order valence-electron chi connectivity index (χ0n) is 17.4. The molecule has 0 radical (unpaired) electrons. The summed E-state index contributed by atoms with van der Waals surface area (Å²) in [4.78, 5) is 2.35. The van der Waals surface area contributed by atoms with Crippen LogP contribution in [0.1, 0.15) is 28.5 Å². The van der Waals surface area contributed by atoms with Gasteiger partial charge in [-0.3, -0.25) is 0 Å². The largest absolute Gasteiger partial charge is 0.508 e. The summed E-state index contributed by atoms with van der Waals surface area (Å²) in [6.07, 6.45) is 0. The second kappa shape index (κ2) is 7.80. The Kier molecular flexibility index (Phi) is 4.55. The molecule has 0 aliphatic carbocycles. The maximum Gasteiger partial charge on any atom is 0.126 e. The summed E-state index contributed by atoms with van der Waals surface area (Å²) in [5.74, 6) is 1.37. The van der Waals surface area contributed by atoms with E-state index in [2.05, 4.69) is 53.4 Å². The highest BCUT2D eigenvalue weighted by atomic mass is 16.5. The molecule has 29 heavy (non-hydrogen) atoms. The summed E-state index contributed by atoms with van der Waals surface area (Å²) in [6, 6.07) is 24.8. The lowest BCUT2D eigenvalue weighted by Gasteiger charge is -2.35. The van der Waals surface area contributed by atoms with E-state index in [0.29, 0.717) is 6.61 Å². The Morgan fingerprint density at radius 2 is 1.69 bits per heavy atom. The number of fused-ring (bicyclic) bond motifs is 1. The van der Waals surface area contributed by atoms with Gasteiger partial charge in [0.25, 0.3) is 0 Å². The Morgan fingerprint density at radius 3 is 2.45 bits per heavy atom. The van der Waals surface area contributed by atoms with E-state index in [0.717, 1.165) is 37.5 Å². The van der Waals surface area contributed by atoms with Crippen molar-refractivity contribution in [3.05, 3.63) is 89.5 Å². The lowest BCUT2D eigenvalue weighted by atomic mass is 9.76. The monoisotopic (exact) mass is 387 g/mol. The van der Waals surface area contributed by atoms with E-state index < -0.39 is 0 Å². The Bertz CT molecular complexity index is 1000. The molecule has 0 bridgehead atoms. The molecule has 2 atom stereocenters. The third-order valence-electron chi connectivity index (χ3n) is 6.05. The molecule has 1 fully saturated rings. The van der Waals surface area contributed by atoms with Crippen molar-refractivity contribution in [1.82, 2.24) is 5.31 Å². The van der Waals surface area contributed by atoms with E-state index >= 15 is 0 Å². The van der Waals surface area contributed by atoms with E-state index in [1.54, 1.807) is 17.4 Å². The average molecular weight is 388 g/mol. The molecule has 2 heterocycles. The van der Waals surface area contributed by atoms with Gasteiger partial charge in [-0.2, -0.15) is 0 Å². The summed E-state index contributed by atoms with van der Waals surface area (Å²) >= 11 is 0. The summed E-state index contributed by atoms with van der Waals surface area (Å²) in [5, 5.41) is 11.6. The highest BCUT2D eigenvalue weighted by Gasteiger charge is 2.33. The minimum Gasteiger partial charge on any atom is -0.508 e. The van der Waals surface area contributed by atoms with Gasteiger partial charge in [0, 0.05) is 55.3 Å². The SMILES string of the molecule is [2H]N1CCN(c2ccc([C@@H]3c4ccc(O)cc4OC[C@@H]3c3ccccc3)cc2)CC1. The molecule has 2 aliphatic heterocycles. The van der Waals surface area contributed by atoms with Gasteiger partial charge in [-0.05, 0) is 29.3 Å². The van der Waals surface area contributed by atoms with E-state index in [9.17, 15) is 5.11 Å². The lowest BCUT2D eigenvalue weighted by molar-refractivity contribution is 0.248. The first-order valence-electron chi connectivity index (χ1n) is 10.7. The number of hydrogen-bond acceptors (Lipinski definition) is 4. The van der Waals surface area contributed by atoms with Gasteiger partial charge >= 0.3 is 0 Å². The van der Waals surface area contributed by atoms with Crippen LogP contribution in [0.3, 0.4) is 0 Å². The maximum absolute atomic E-state index is 9.92. The first-order valence-corrected chi connectivity index (χ1v) is 10.3. The van der Waals surface area contributed by atoms with Crippen LogP contribution < -0.4 is 14.9 Å². The molecule has 0 saturated carbocycles. The molecule has 2 N–H and O–H groups in total. The van der Waals surface area contributed by atoms with Crippen LogP contribution in [0.15, 0.2) is 72.8 Å². The van der Waals surface area contributed by atoms with E-state index in [1.165, 1.54) is 16.8 Å². The molecule has 0 unspecified atom stereocenters. The predicted octanol–water partition coefficient (Wildman–Crippen LogP) is 4.11. The van der Waals surface area contributed by atoms with Gasteiger partial charge in [0.1, 0.15) is 12.9 Å². The number of anilines is 1. The third kappa shape index (κ3) is 3.56. The molecular weight excluding hydrogens is 360 g/mol. The quantitative estimate of drug-likeness (QED) is 0.710. The predicted molar refractivity (Wildman–Crippen MR) is 116 cm³/mol. The summed E-state index contributed by atoms with van der Waals surface area (Å²) < 4.78 is 13.8. The average Bonchev–Trinajstić information content (AvgIpc) is 2.79. The number of benzene rings is 3. The van der Waals surface area contributed by atoms with Gasteiger partial charge in [-0.25, -0.2) is 0 Å². The molecule has 0 aromatic heterocycles. The fourth-order valence-corrected chi connectivity index (χ4v) is 4.56. The van der Waals surface area contributed by atoms with Crippen molar-refractivity contribution in [1.29, 1.82) is 0 Å². The molecule has 1 saturated heterocycles. The number of rotatable bonds is 3. The number of nitrogens with zero attached hydrogens (tertiary/aromatic N) is 1. The van der Waals surface area contributed by atoms with Crippen molar-refractivity contribution < 1.29 is 11.3 Å². The van der Waals surface area contributed by atoms with Crippen molar-refractivity contribution in [3.8, 4) is 11.5 Å². The van der Waals surface area contributed by atoms with Gasteiger partial charge in [0.05, 0.1) is 6.61 Å². The van der Waals surface area contributed by atoms with Crippen molar-refractivity contribution in [2.45, 2.75) is 11.8 Å². The number of nitrogens with one attached hydrogen (secondary N) is 1. The van der Waals surface area contributed by atoms with Gasteiger partial charge < -0.3 is 20.1 Å². The first-order chi connectivity index (χ1) is 14.7. The van der Waals surface area contributed by atoms with Crippen LogP contribution in [0.25, 0.3) is 0 Å². The minimum absolute atomic E-state index is 0.163. The van der Waals surface area contributed by atoms with Crippen molar-refractivity contribution >= 4 is 5.69 Å². The maximum atomic E-state index is 9.92. The van der Waals surface area contributed by atoms with Crippen LogP contribution in [-0.2, 0) is 0 Å². The molecule has 4 nitrogen and oxygen atoms in total. The molecule has 5 rings (SSSR count). The lowest BCUT2D eigenvalue weighted by Crippen LogP contribution is -2.43. The van der Waals surface area contributed by atoms with E-state index in [-0.39, 0.29) is 17.6 Å². The molecule has 148 valence electrons. The second-order valence-electron chi connectivity index (χ2n) is 7.78. The fourth-order valence-electron chi connectivity index (χ4n) is 4.56. The smallest absolute Gasteiger partial charge is 0.126 e. The zero-order chi connectivity index (χ0) is 20.5. The summed E-state index contributed by atoms with van der Waals surface area (Å²) in [7, 11) is 0. The standard InChI is InChI=1S/C25H26N2O2/c28-21-10-11-22-24(16-21)29-17-23(18-4-2-1-3-5-18)25(22)19-6-8-20(9-7-19)27-14-12-26-13-15-27/h1-11,16,23,25-26,28H,12-15,17H2/t23-,25-/m1/s1/i/hD. The van der Waals surface area contributed by atoms with Gasteiger partial charge in [0.15, 0.2) is 0 Å². The molecular formula is C25H26N2O2. The van der Waals surface area contributed by atoms with Crippen LogP contribution in [0.4, 0.5) is 5.69 Å². The van der Waals surface area contributed by atoms with Gasteiger partial charge in [-0.15, -0.1) is 0 Å². The number of phenolic OH excluding ortho intramolecular Hbond substituents is 1. The van der Waals surface area contributed by atoms with Crippen molar-refractivity contribution in [2.75, 3.05) is 37.7 Å². The molecule has 3 aromatic carbocycles. The van der Waals surface area contributed by atoms with Crippen molar-refractivity contribution in [2.24, 2.45) is 0 Å². The number of aromatic hydroxyl groups is 1. The Morgan fingerprint density at radius 1 is 0.931 bits per heavy atom. The topological polar surface area (TPSA) is 44.7 Å². The molecule has 3 aromatic rings. The van der Waals surface area contributed by atoms with E-state index in [4.69, 9.17) is 6.15 Å². The van der Waals surface area contributed by atoms with Gasteiger partial charge in [0.2, 0.25) is 0 Å². The minimum atomic E-state index is 0.163. The van der Waals surface area contributed by atoms with E-state index in [1.807, 2.05) is 12.1 Å². The first kappa shape index (κ1) is 16.9. The fraction of sp³-hybridized carbons (Fsp3) is 0.280. The highest BCUT2D eigenvalue weighted by Crippen LogP contribution is 2.47. The molecule has 0 amide bonds. The summed E-state index contributed by atoms with van der Waals surface area (Å²) in [5.41, 5.74) is 4.84. The highest BCUT2D eigenvalue weighted by molar-refractivity contribution is 5.54. The zero-order valence-corrected chi connectivity index (χ0v) is 16.4. The normalized spacial score (nSPS) is 22.5. The van der Waals surface area contributed by atoms with Crippen LogP contribution in [-0.4, -0.2) is 37.9 Å². The van der Waals surface area contributed by atoms with Crippen LogP contribution in [0.5, 0.6) is 11.5 Å². The molecule has 2 aliphatic rings. The number of phenols is 1. The van der Waals surface area contributed by atoms with Crippen LogP contribution in [0.2, 0.25) is 1.41 Å². The van der Waals surface area contributed by atoms with Crippen LogP contribution in [0, 0.1) is 0 Å². The molecule has 4 heteroatoms. The molecule has 0 spiro atoms. The Hall–Kier alpha value is -2.98. The second-order valence-corrected chi connectivity index (χ2v) is 7.78. The number of hydrogen-bond donors (Lipinski definition) is 2. The number of piperazine rings is 1. The third-order valence-corrected chi connectivity index (χ3v) is 6.05. The Labute approximate surface area is 173 Å². The Balaban J connectivity index is 1.50. The van der Waals surface area contributed by atoms with Crippen molar-refractivity contribution in [3.63, 3.8) is 0 Å². The number of ether oxygens (including phenoxy) is 1. The summed E-state index contributed by atoms with van der Waals surface area (Å²) in [6.45, 7) is 3.89. The van der Waals surface area contributed by atoms with Crippen LogP contribution >= 0.6 is 0 Å². The van der Waals surface area contributed by atoms with Gasteiger partial charge in [-0.1, -0.05) is 48.5 Å².